The summed E-state index contributed by atoms with van der Waals surface area (Å²) < 4.78 is 66.2. The molecule has 0 radical (unpaired) electrons. The largest absolute Gasteiger partial charge is 0.547 e. The van der Waals surface area contributed by atoms with Crippen LogP contribution < -0.4 is 15.3 Å². The van der Waals surface area contributed by atoms with Crippen molar-refractivity contribution in [2.75, 3.05) is 23.0 Å². The summed E-state index contributed by atoms with van der Waals surface area (Å²) in [5.74, 6) is -6.47. The zero-order valence-corrected chi connectivity index (χ0v) is 17.3. The number of thioether (sulfide) groups is 1. The van der Waals surface area contributed by atoms with Crippen LogP contribution in [0.5, 0.6) is 0 Å². The van der Waals surface area contributed by atoms with E-state index in [2.05, 4.69) is 15.5 Å². The molecule has 0 amide bonds. The Morgan fingerprint density at radius 3 is 2.50 bits per heavy atom. The van der Waals surface area contributed by atoms with Crippen LogP contribution in [0.3, 0.4) is 0 Å². The maximum atomic E-state index is 13.7. The first-order valence-corrected chi connectivity index (χ1v) is 9.71. The van der Waals surface area contributed by atoms with E-state index < -0.39 is 29.8 Å². The van der Waals surface area contributed by atoms with E-state index in [1.807, 2.05) is 22.6 Å². The number of hydrogen-bond acceptors (Lipinski definition) is 7. The molecule has 2 rings (SSSR count). The van der Waals surface area contributed by atoms with Gasteiger partial charge in [-0.1, -0.05) is 6.92 Å². The van der Waals surface area contributed by atoms with E-state index in [0.29, 0.717) is 20.3 Å². The number of alkyl halides is 5. The van der Waals surface area contributed by atoms with Crippen LogP contribution in [-0.4, -0.2) is 41.2 Å². The van der Waals surface area contributed by atoms with Crippen LogP contribution in [0.15, 0.2) is 26.8 Å². The number of nitrogens with one attached hydrogen (secondary N) is 1. The number of halogens is 6. The predicted molar refractivity (Wildman–Crippen MR) is 101 cm³/mol. The molecule has 1 aromatic rings. The van der Waals surface area contributed by atoms with Crippen molar-refractivity contribution in [3.8, 4) is 0 Å². The minimum atomic E-state index is -5.89. The second-order valence-electron chi connectivity index (χ2n) is 5.41. The van der Waals surface area contributed by atoms with E-state index in [4.69, 9.17) is 0 Å². The van der Waals surface area contributed by atoms with E-state index in [-0.39, 0.29) is 11.5 Å². The van der Waals surface area contributed by atoms with Gasteiger partial charge in [0.1, 0.15) is 11.7 Å². The third-order valence-corrected chi connectivity index (χ3v) is 5.14. The third-order valence-electron chi connectivity index (χ3n) is 3.59. The standard InChI is InChI=1S/C15H14F5IN4O2S/c1-3-28-9-4-7(21)6-25(11(9)13(26)27)8-5-10(23-24-12(8)22-2)14(16,17)15(18,19)20/h4-6,11H,3H2,1-2H3,(H,22,24)(H,26,27)/p-1. The number of aromatic nitrogens is 2. The van der Waals surface area contributed by atoms with E-state index in [1.165, 1.54) is 25.0 Å². The molecule has 154 valence electrons. The van der Waals surface area contributed by atoms with Gasteiger partial charge in [-0.3, -0.25) is 0 Å². The van der Waals surface area contributed by atoms with Crippen molar-refractivity contribution >= 4 is 51.8 Å². The van der Waals surface area contributed by atoms with Crippen LogP contribution in [-0.2, 0) is 10.7 Å². The SMILES string of the molecule is CCSC1=CC(I)=CN(c2cc(C(F)(F)C(F)(F)F)nnc2NC)C1C(=O)[O-]. The fourth-order valence-electron chi connectivity index (χ4n) is 2.38. The lowest BCUT2D eigenvalue weighted by Crippen LogP contribution is -2.48. The van der Waals surface area contributed by atoms with Crippen molar-refractivity contribution in [3.63, 3.8) is 0 Å². The lowest BCUT2D eigenvalue weighted by atomic mass is 10.1. The molecular weight excluding hydrogens is 522 g/mol. The fraction of sp³-hybridized carbons (Fsp3) is 0.400. The minimum Gasteiger partial charge on any atom is -0.547 e. The molecule has 1 aliphatic rings. The quantitative estimate of drug-likeness (QED) is 0.443. The van der Waals surface area contributed by atoms with Gasteiger partial charge in [-0.15, -0.1) is 22.0 Å². The van der Waals surface area contributed by atoms with Crippen LogP contribution >= 0.6 is 34.4 Å². The first kappa shape index (κ1) is 22.6. The number of nitrogens with zero attached hydrogens (tertiary/aromatic N) is 3. The summed E-state index contributed by atoms with van der Waals surface area (Å²) in [6.07, 6.45) is -3.01. The molecule has 0 bridgehead atoms. The van der Waals surface area contributed by atoms with Crippen molar-refractivity contribution in [2.45, 2.75) is 25.1 Å². The number of aliphatic carboxylic acids is 1. The highest BCUT2D eigenvalue weighted by atomic mass is 127. The Bertz CT molecular complexity index is 831. The lowest BCUT2D eigenvalue weighted by Gasteiger charge is -2.36. The van der Waals surface area contributed by atoms with Gasteiger partial charge in [-0.05, 0) is 40.5 Å². The number of carbonyl (C=O) groups excluding carboxylic acids is 1. The maximum absolute atomic E-state index is 13.7. The Morgan fingerprint density at radius 1 is 1.36 bits per heavy atom. The third kappa shape index (κ3) is 4.34. The Hall–Kier alpha value is -1.64. The number of hydrogen-bond donors (Lipinski definition) is 1. The maximum Gasteiger partial charge on any atom is 0.459 e. The molecule has 1 N–H and O–H groups in total. The van der Waals surface area contributed by atoms with Crippen molar-refractivity contribution < 1.29 is 31.9 Å². The topological polar surface area (TPSA) is 81.2 Å². The summed E-state index contributed by atoms with van der Waals surface area (Å²) >= 11 is 3.07. The van der Waals surface area contributed by atoms with Gasteiger partial charge in [0.05, 0.1) is 11.7 Å². The predicted octanol–water partition coefficient (Wildman–Crippen LogP) is 3.02. The number of carbonyl (C=O) groups is 1. The van der Waals surface area contributed by atoms with Crippen LogP contribution in [0.1, 0.15) is 12.6 Å². The van der Waals surface area contributed by atoms with Crippen LogP contribution in [0, 0.1) is 0 Å². The Kier molecular flexibility index (Phi) is 6.78. The first-order valence-electron chi connectivity index (χ1n) is 7.65. The molecule has 1 aromatic heterocycles. The van der Waals surface area contributed by atoms with Crippen molar-refractivity contribution in [3.05, 3.63) is 32.5 Å². The highest BCUT2D eigenvalue weighted by Gasteiger charge is 2.60. The molecule has 0 aliphatic carbocycles. The molecule has 6 nitrogen and oxygen atoms in total. The average molecular weight is 535 g/mol. The van der Waals surface area contributed by atoms with Crippen LogP contribution in [0.4, 0.5) is 33.5 Å². The highest BCUT2D eigenvalue weighted by molar-refractivity contribution is 14.1. The molecule has 1 atom stereocenters. The number of carboxylic acid groups (broad SMARTS) is 1. The lowest BCUT2D eigenvalue weighted by molar-refractivity contribution is -0.306. The Labute approximate surface area is 174 Å². The summed E-state index contributed by atoms with van der Waals surface area (Å²) in [5, 5.41) is 20.6. The van der Waals surface area contributed by atoms with E-state index in [0.717, 1.165) is 4.90 Å². The van der Waals surface area contributed by atoms with Crippen molar-refractivity contribution in [1.29, 1.82) is 0 Å². The molecule has 2 heterocycles. The fourth-order valence-corrected chi connectivity index (χ4v) is 4.14. The number of carboxylic acids is 1. The summed E-state index contributed by atoms with van der Waals surface area (Å²) in [4.78, 5) is 13.1. The second-order valence-corrected chi connectivity index (χ2v) is 7.99. The van der Waals surface area contributed by atoms with Crippen molar-refractivity contribution in [1.82, 2.24) is 10.2 Å². The zero-order valence-electron chi connectivity index (χ0n) is 14.4. The van der Waals surface area contributed by atoms with Crippen molar-refractivity contribution in [2.24, 2.45) is 0 Å². The Morgan fingerprint density at radius 2 is 2.00 bits per heavy atom. The molecule has 0 saturated heterocycles. The number of anilines is 2. The second kappa shape index (κ2) is 8.39. The average Bonchev–Trinajstić information content (AvgIpc) is 2.59. The van der Waals surface area contributed by atoms with E-state index in [1.54, 1.807) is 13.0 Å². The summed E-state index contributed by atoms with van der Waals surface area (Å²) in [7, 11) is 1.35. The van der Waals surface area contributed by atoms with Gasteiger partial charge >= 0.3 is 12.1 Å². The van der Waals surface area contributed by atoms with Gasteiger partial charge in [0.25, 0.3) is 0 Å². The minimum absolute atomic E-state index is 0.170. The molecule has 0 spiro atoms. The summed E-state index contributed by atoms with van der Waals surface area (Å²) in [6.45, 7) is 1.78. The molecule has 0 aromatic carbocycles. The van der Waals surface area contributed by atoms with Gasteiger partial charge in [0.2, 0.25) is 0 Å². The van der Waals surface area contributed by atoms with E-state index in [9.17, 15) is 31.9 Å². The molecule has 0 fully saturated rings. The summed E-state index contributed by atoms with van der Waals surface area (Å²) in [6, 6.07) is -0.950. The van der Waals surface area contributed by atoms with Gasteiger partial charge in [-0.25, -0.2) is 0 Å². The van der Waals surface area contributed by atoms with Gasteiger partial charge in [0, 0.05) is 21.7 Å². The molecular formula is C15H13F5IN4O2S-. The summed E-state index contributed by atoms with van der Waals surface area (Å²) in [5.41, 5.74) is -1.95. The normalized spacial score (nSPS) is 17.9. The molecule has 28 heavy (non-hydrogen) atoms. The molecule has 1 unspecified atom stereocenters. The molecule has 13 heteroatoms. The highest BCUT2D eigenvalue weighted by Crippen LogP contribution is 2.45. The molecule has 1 aliphatic heterocycles. The van der Waals surface area contributed by atoms with Gasteiger partial charge in [0.15, 0.2) is 5.82 Å². The number of allylic oxidation sites excluding steroid dienone is 2. The smallest absolute Gasteiger partial charge is 0.459 e. The van der Waals surface area contributed by atoms with E-state index >= 15 is 0 Å². The monoisotopic (exact) mass is 535 g/mol. The van der Waals surface area contributed by atoms with Gasteiger partial charge < -0.3 is 20.1 Å². The molecule has 0 saturated carbocycles. The first-order chi connectivity index (χ1) is 12.9. The number of rotatable bonds is 6. The van der Waals surface area contributed by atoms with Gasteiger partial charge in [-0.2, -0.15) is 22.0 Å². The van der Waals surface area contributed by atoms with Crippen LogP contribution in [0.25, 0.3) is 0 Å². The van der Waals surface area contributed by atoms with Crippen LogP contribution in [0.2, 0.25) is 0 Å². The Balaban J connectivity index is 2.66. The zero-order chi connectivity index (χ0) is 21.3.